The van der Waals surface area contributed by atoms with Crippen LogP contribution in [0, 0.1) is 5.82 Å². The number of nitrogens with zero attached hydrogens (tertiary/aromatic N) is 1. The SMILES string of the molecule is CC(C)(C)OC(=O)Nc1cc(-c2cnoc2N)ccc1F. The summed E-state index contributed by atoms with van der Waals surface area (Å²) in [7, 11) is 0. The maximum Gasteiger partial charge on any atom is 0.412 e. The zero-order valence-corrected chi connectivity index (χ0v) is 11.9. The van der Waals surface area contributed by atoms with Crippen molar-refractivity contribution >= 4 is 17.7 Å². The van der Waals surface area contributed by atoms with Crippen molar-refractivity contribution in [2.24, 2.45) is 0 Å². The van der Waals surface area contributed by atoms with E-state index in [2.05, 4.69) is 10.5 Å². The highest BCUT2D eigenvalue weighted by Gasteiger charge is 2.18. The number of nitrogens with two attached hydrogens (primary N) is 1. The van der Waals surface area contributed by atoms with E-state index in [1.165, 1.54) is 24.4 Å². The van der Waals surface area contributed by atoms with Crippen molar-refractivity contribution in [3.05, 3.63) is 30.2 Å². The van der Waals surface area contributed by atoms with Crippen LogP contribution in [-0.4, -0.2) is 16.9 Å². The second-order valence-corrected chi connectivity index (χ2v) is 5.43. The highest BCUT2D eigenvalue weighted by Crippen LogP contribution is 2.29. The first kappa shape index (κ1) is 14.8. The van der Waals surface area contributed by atoms with Gasteiger partial charge in [-0.15, -0.1) is 0 Å². The van der Waals surface area contributed by atoms with E-state index in [1.54, 1.807) is 20.8 Å². The molecule has 0 atom stereocenters. The highest BCUT2D eigenvalue weighted by atomic mass is 19.1. The Bertz CT molecular complexity index is 662. The molecule has 0 fully saturated rings. The van der Waals surface area contributed by atoms with E-state index in [4.69, 9.17) is 15.0 Å². The molecule has 7 heteroatoms. The Labute approximate surface area is 121 Å². The summed E-state index contributed by atoms with van der Waals surface area (Å²) in [4.78, 5) is 11.7. The molecule has 2 rings (SSSR count). The number of hydrogen-bond acceptors (Lipinski definition) is 5. The molecule has 1 aromatic heterocycles. The third-order valence-corrected chi connectivity index (χ3v) is 2.51. The smallest absolute Gasteiger partial charge is 0.412 e. The van der Waals surface area contributed by atoms with Gasteiger partial charge in [-0.25, -0.2) is 9.18 Å². The molecule has 1 heterocycles. The zero-order chi connectivity index (χ0) is 15.6. The van der Waals surface area contributed by atoms with Crippen molar-refractivity contribution in [3.63, 3.8) is 0 Å². The molecule has 0 unspecified atom stereocenters. The van der Waals surface area contributed by atoms with Crippen LogP contribution in [0.3, 0.4) is 0 Å². The molecule has 0 bridgehead atoms. The van der Waals surface area contributed by atoms with Crippen molar-refractivity contribution in [2.75, 3.05) is 11.1 Å². The molecule has 0 aliphatic rings. The summed E-state index contributed by atoms with van der Waals surface area (Å²) in [5, 5.41) is 5.91. The molecule has 0 saturated heterocycles. The summed E-state index contributed by atoms with van der Waals surface area (Å²) in [6, 6.07) is 4.16. The molecular weight excluding hydrogens is 277 g/mol. The molecule has 3 N–H and O–H groups in total. The van der Waals surface area contributed by atoms with Crippen molar-refractivity contribution < 1.29 is 18.4 Å². The van der Waals surface area contributed by atoms with Gasteiger partial charge in [0.1, 0.15) is 11.4 Å². The van der Waals surface area contributed by atoms with E-state index in [1.807, 2.05) is 0 Å². The number of benzene rings is 1. The van der Waals surface area contributed by atoms with E-state index >= 15 is 0 Å². The highest BCUT2D eigenvalue weighted by molar-refractivity contribution is 5.87. The second kappa shape index (κ2) is 5.43. The molecule has 0 saturated carbocycles. The molecule has 6 nitrogen and oxygen atoms in total. The molecule has 21 heavy (non-hydrogen) atoms. The first-order valence-electron chi connectivity index (χ1n) is 6.26. The van der Waals surface area contributed by atoms with Crippen LogP contribution in [0.1, 0.15) is 20.8 Å². The topological polar surface area (TPSA) is 90.4 Å². The first-order valence-corrected chi connectivity index (χ1v) is 6.26. The minimum absolute atomic E-state index is 0.0117. The number of nitrogen functional groups attached to an aromatic ring is 1. The van der Waals surface area contributed by atoms with Crippen molar-refractivity contribution in [3.8, 4) is 11.1 Å². The van der Waals surface area contributed by atoms with Gasteiger partial charge >= 0.3 is 6.09 Å². The van der Waals surface area contributed by atoms with Gasteiger partial charge in [0, 0.05) is 0 Å². The van der Waals surface area contributed by atoms with Crippen molar-refractivity contribution in [2.45, 2.75) is 26.4 Å². The molecule has 0 radical (unpaired) electrons. The number of ether oxygens (including phenoxy) is 1. The van der Waals surface area contributed by atoms with Crippen LogP contribution in [0.5, 0.6) is 0 Å². The number of anilines is 2. The Morgan fingerprint density at radius 3 is 2.71 bits per heavy atom. The monoisotopic (exact) mass is 293 g/mol. The quantitative estimate of drug-likeness (QED) is 0.885. The molecule has 112 valence electrons. The van der Waals surface area contributed by atoms with Crippen LogP contribution in [0.15, 0.2) is 28.9 Å². The zero-order valence-electron chi connectivity index (χ0n) is 11.9. The van der Waals surface area contributed by atoms with Gasteiger partial charge < -0.3 is 15.0 Å². The summed E-state index contributed by atoms with van der Waals surface area (Å²) in [6.07, 6.45) is 0.677. The third kappa shape index (κ3) is 3.71. The van der Waals surface area contributed by atoms with E-state index in [0.29, 0.717) is 11.1 Å². The summed E-state index contributed by atoms with van der Waals surface area (Å²) in [5.74, 6) is -0.468. The van der Waals surface area contributed by atoms with Gasteiger partial charge in [0.05, 0.1) is 17.4 Å². The van der Waals surface area contributed by atoms with Gasteiger partial charge in [-0.3, -0.25) is 5.32 Å². The van der Waals surface area contributed by atoms with Gasteiger partial charge in [-0.1, -0.05) is 11.2 Å². The fraction of sp³-hybridized carbons (Fsp3) is 0.286. The van der Waals surface area contributed by atoms with E-state index in [9.17, 15) is 9.18 Å². The van der Waals surface area contributed by atoms with Crippen LogP contribution in [0.2, 0.25) is 0 Å². The Kier molecular flexibility index (Phi) is 3.84. The molecule has 0 aliphatic heterocycles. The average molecular weight is 293 g/mol. The first-order chi connectivity index (χ1) is 9.76. The van der Waals surface area contributed by atoms with Gasteiger partial charge in [0.2, 0.25) is 5.88 Å². The summed E-state index contributed by atoms with van der Waals surface area (Å²) >= 11 is 0. The number of nitrogens with one attached hydrogen (secondary N) is 1. The fourth-order valence-corrected chi connectivity index (χ4v) is 1.67. The Morgan fingerprint density at radius 2 is 2.14 bits per heavy atom. The lowest BCUT2D eigenvalue weighted by molar-refractivity contribution is 0.0635. The lowest BCUT2D eigenvalue weighted by atomic mass is 10.1. The summed E-state index contributed by atoms with van der Waals surface area (Å²) in [5.41, 5.74) is 6.02. The fourth-order valence-electron chi connectivity index (χ4n) is 1.67. The number of halogens is 1. The Balaban J connectivity index is 2.24. The number of carbonyl (C=O) groups excluding carboxylic acids is 1. The molecular formula is C14H16FN3O3. The normalized spacial score (nSPS) is 11.2. The standard InChI is InChI=1S/C14H16FN3O3/c1-14(2,3)20-13(19)18-11-6-8(4-5-10(11)15)9-7-17-21-12(9)16/h4-7H,16H2,1-3H3,(H,18,19). The number of hydrogen-bond donors (Lipinski definition) is 2. The predicted octanol–water partition coefficient (Wildman–Crippen LogP) is 3.41. The maximum atomic E-state index is 13.8. The van der Waals surface area contributed by atoms with Crippen LogP contribution in [0.4, 0.5) is 20.8 Å². The average Bonchev–Trinajstić information content (AvgIpc) is 2.76. The number of amides is 1. The van der Waals surface area contributed by atoms with Crippen LogP contribution < -0.4 is 11.1 Å². The van der Waals surface area contributed by atoms with Gasteiger partial charge in [0.15, 0.2) is 0 Å². The Hall–Kier alpha value is -2.57. The van der Waals surface area contributed by atoms with Crippen molar-refractivity contribution in [1.82, 2.24) is 5.16 Å². The Morgan fingerprint density at radius 1 is 1.43 bits per heavy atom. The summed E-state index contributed by atoms with van der Waals surface area (Å²) in [6.45, 7) is 5.16. The molecule has 1 amide bonds. The lowest BCUT2D eigenvalue weighted by Gasteiger charge is -2.20. The van der Waals surface area contributed by atoms with Crippen LogP contribution in [0.25, 0.3) is 11.1 Å². The van der Waals surface area contributed by atoms with Gasteiger partial charge in [-0.2, -0.15) is 0 Å². The van der Waals surface area contributed by atoms with Crippen LogP contribution in [-0.2, 0) is 4.74 Å². The van der Waals surface area contributed by atoms with E-state index < -0.39 is 17.5 Å². The van der Waals surface area contributed by atoms with Crippen molar-refractivity contribution in [1.29, 1.82) is 0 Å². The lowest BCUT2D eigenvalue weighted by Crippen LogP contribution is -2.27. The molecule has 0 aliphatic carbocycles. The largest absolute Gasteiger partial charge is 0.444 e. The molecule has 0 spiro atoms. The van der Waals surface area contributed by atoms with Crippen LogP contribution >= 0.6 is 0 Å². The number of rotatable bonds is 2. The summed E-state index contributed by atoms with van der Waals surface area (Å²) < 4.78 is 23.6. The number of carbonyl (C=O) groups is 1. The number of aromatic nitrogens is 1. The van der Waals surface area contributed by atoms with Gasteiger partial charge in [-0.05, 0) is 38.5 Å². The van der Waals surface area contributed by atoms with Gasteiger partial charge in [0.25, 0.3) is 0 Å². The second-order valence-electron chi connectivity index (χ2n) is 5.43. The third-order valence-electron chi connectivity index (χ3n) is 2.51. The van der Waals surface area contributed by atoms with E-state index in [0.717, 1.165) is 0 Å². The molecule has 2 aromatic rings. The van der Waals surface area contributed by atoms with E-state index in [-0.39, 0.29) is 11.6 Å². The predicted molar refractivity (Wildman–Crippen MR) is 76.2 cm³/mol. The minimum Gasteiger partial charge on any atom is -0.444 e. The minimum atomic E-state index is -0.739. The molecule has 1 aromatic carbocycles. The maximum absolute atomic E-state index is 13.8.